The van der Waals surface area contributed by atoms with Crippen LogP contribution in [0.4, 0.5) is 0 Å². The SMILES string of the molecule is NC(=S)NCCCN(Cc1ccccc1)Cc1ccccc1. The highest BCUT2D eigenvalue weighted by Gasteiger charge is 2.07. The van der Waals surface area contributed by atoms with Gasteiger partial charge in [0.1, 0.15) is 0 Å². The molecule has 4 heteroatoms. The van der Waals surface area contributed by atoms with Gasteiger partial charge in [-0.05, 0) is 29.8 Å². The third kappa shape index (κ3) is 6.24. The average Bonchev–Trinajstić information content (AvgIpc) is 2.53. The lowest BCUT2D eigenvalue weighted by Crippen LogP contribution is -2.32. The Morgan fingerprint density at radius 1 is 0.909 bits per heavy atom. The molecule has 3 nitrogen and oxygen atoms in total. The zero-order valence-electron chi connectivity index (χ0n) is 12.7. The Kier molecular flexibility index (Phi) is 6.87. The summed E-state index contributed by atoms with van der Waals surface area (Å²) in [7, 11) is 0. The Morgan fingerprint density at radius 3 is 1.86 bits per heavy atom. The normalized spacial score (nSPS) is 10.6. The van der Waals surface area contributed by atoms with Crippen LogP contribution in [0.2, 0.25) is 0 Å². The second-order valence-electron chi connectivity index (χ2n) is 5.33. The highest BCUT2D eigenvalue weighted by molar-refractivity contribution is 7.80. The van der Waals surface area contributed by atoms with Crippen molar-refractivity contribution in [1.29, 1.82) is 0 Å². The van der Waals surface area contributed by atoms with Crippen molar-refractivity contribution in [2.24, 2.45) is 5.73 Å². The predicted molar refractivity (Wildman–Crippen MR) is 96.4 cm³/mol. The maximum Gasteiger partial charge on any atom is 0.163 e. The number of nitrogens with two attached hydrogens (primary N) is 1. The summed E-state index contributed by atoms with van der Waals surface area (Å²) in [5.74, 6) is 0. The molecule has 3 N–H and O–H groups in total. The summed E-state index contributed by atoms with van der Waals surface area (Å²) < 4.78 is 0. The van der Waals surface area contributed by atoms with Crippen molar-refractivity contribution in [2.75, 3.05) is 13.1 Å². The highest BCUT2D eigenvalue weighted by Crippen LogP contribution is 2.10. The van der Waals surface area contributed by atoms with Crippen LogP contribution < -0.4 is 11.1 Å². The fourth-order valence-corrected chi connectivity index (χ4v) is 2.51. The summed E-state index contributed by atoms with van der Waals surface area (Å²) in [5.41, 5.74) is 8.13. The van der Waals surface area contributed by atoms with Gasteiger partial charge in [-0.3, -0.25) is 4.90 Å². The van der Waals surface area contributed by atoms with Crippen LogP contribution in [0, 0.1) is 0 Å². The molecule has 22 heavy (non-hydrogen) atoms. The standard InChI is InChI=1S/C18H23N3S/c19-18(22)20-12-7-13-21(14-16-8-3-1-4-9-16)15-17-10-5-2-6-11-17/h1-6,8-11H,7,12-15H2,(H3,19,20,22). The van der Waals surface area contributed by atoms with Gasteiger partial charge in [0.05, 0.1) is 0 Å². The molecule has 2 aromatic carbocycles. The first kappa shape index (κ1) is 16.5. The van der Waals surface area contributed by atoms with Crippen molar-refractivity contribution < 1.29 is 0 Å². The molecule has 0 saturated carbocycles. The molecular formula is C18H23N3S. The van der Waals surface area contributed by atoms with E-state index in [0.29, 0.717) is 5.11 Å². The summed E-state index contributed by atoms with van der Waals surface area (Å²) in [6.45, 7) is 3.71. The number of rotatable bonds is 8. The highest BCUT2D eigenvalue weighted by atomic mass is 32.1. The Morgan fingerprint density at radius 2 is 1.41 bits per heavy atom. The number of nitrogens with zero attached hydrogens (tertiary/aromatic N) is 1. The molecule has 0 aromatic heterocycles. The Labute approximate surface area is 138 Å². The zero-order chi connectivity index (χ0) is 15.6. The molecule has 0 bridgehead atoms. The minimum atomic E-state index is 0.373. The number of thiocarbonyl (C=S) groups is 1. The van der Waals surface area contributed by atoms with Gasteiger partial charge in [-0.25, -0.2) is 0 Å². The third-order valence-corrected chi connectivity index (χ3v) is 3.59. The topological polar surface area (TPSA) is 41.3 Å². The van der Waals surface area contributed by atoms with Crippen LogP contribution in [0.3, 0.4) is 0 Å². The van der Waals surface area contributed by atoms with E-state index in [-0.39, 0.29) is 0 Å². The fraction of sp³-hybridized carbons (Fsp3) is 0.278. The van der Waals surface area contributed by atoms with Crippen LogP contribution in [-0.2, 0) is 13.1 Å². The first-order chi connectivity index (χ1) is 10.7. The van der Waals surface area contributed by atoms with Crippen LogP contribution in [0.5, 0.6) is 0 Å². The van der Waals surface area contributed by atoms with E-state index in [4.69, 9.17) is 18.0 Å². The van der Waals surface area contributed by atoms with Gasteiger partial charge in [0, 0.05) is 26.2 Å². The number of hydrogen-bond donors (Lipinski definition) is 2. The van der Waals surface area contributed by atoms with Gasteiger partial charge in [0.25, 0.3) is 0 Å². The minimum Gasteiger partial charge on any atom is -0.376 e. The largest absolute Gasteiger partial charge is 0.376 e. The second kappa shape index (κ2) is 9.18. The number of benzene rings is 2. The summed E-state index contributed by atoms with van der Waals surface area (Å²) >= 11 is 4.84. The van der Waals surface area contributed by atoms with Crippen LogP contribution in [0.15, 0.2) is 60.7 Å². The van der Waals surface area contributed by atoms with Crippen molar-refractivity contribution in [3.05, 3.63) is 71.8 Å². The van der Waals surface area contributed by atoms with E-state index in [0.717, 1.165) is 32.6 Å². The molecule has 0 radical (unpaired) electrons. The molecule has 0 atom stereocenters. The number of hydrogen-bond acceptors (Lipinski definition) is 2. The molecule has 0 aliphatic heterocycles. The van der Waals surface area contributed by atoms with Crippen molar-refractivity contribution in [3.8, 4) is 0 Å². The summed E-state index contributed by atoms with van der Waals surface area (Å²) in [6, 6.07) is 21.1. The zero-order valence-corrected chi connectivity index (χ0v) is 13.6. The lowest BCUT2D eigenvalue weighted by molar-refractivity contribution is 0.254. The average molecular weight is 313 g/mol. The van der Waals surface area contributed by atoms with Crippen molar-refractivity contribution in [3.63, 3.8) is 0 Å². The molecular weight excluding hydrogens is 290 g/mol. The summed E-state index contributed by atoms with van der Waals surface area (Å²) in [6.07, 6.45) is 1.01. The van der Waals surface area contributed by atoms with Gasteiger partial charge >= 0.3 is 0 Å². The van der Waals surface area contributed by atoms with E-state index in [9.17, 15) is 0 Å². The van der Waals surface area contributed by atoms with Crippen LogP contribution in [0.1, 0.15) is 17.5 Å². The molecule has 2 aromatic rings. The first-order valence-electron chi connectivity index (χ1n) is 7.57. The van der Waals surface area contributed by atoms with Crippen LogP contribution >= 0.6 is 12.2 Å². The molecule has 0 fully saturated rings. The van der Waals surface area contributed by atoms with E-state index in [1.807, 2.05) is 0 Å². The van der Waals surface area contributed by atoms with Crippen LogP contribution in [0.25, 0.3) is 0 Å². The Balaban J connectivity index is 1.92. The lowest BCUT2D eigenvalue weighted by Gasteiger charge is -2.22. The molecule has 0 aliphatic carbocycles. The second-order valence-corrected chi connectivity index (χ2v) is 5.77. The summed E-state index contributed by atoms with van der Waals surface area (Å²) in [4.78, 5) is 2.45. The van der Waals surface area contributed by atoms with Gasteiger partial charge in [-0.2, -0.15) is 0 Å². The molecule has 0 amide bonds. The molecule has 0 unspecified atom stereocenters. The smallest absolute Gasteiger partial charge is 0.163 e. The van der Waals surface area contributed by atoms with Gasteiger partial charge in [0.15, 0.2) is 5.11 Å². The molecule has 116 valence electrons. The van der Waals surface area contributed by atoms with Gasteiger partial charge in [0.2, 0.25) is 0 Å². The molecule has 0 aliphatic rings. The van der Waals surface area contributed by atoms with Gasteiger partial charge < -0.3 is 11.1 Å². The van der Waals surface area contributed by atoms with Gasteiger partial charge in [-0.15, -0.1) is 0 Å². The third-order valence-electron chi connectivity index (χ3n) is 3.45. The van der Waals surface area contributed by atoms with Crippen molar-refractivity contribution >= 4 is 17.3 Å². The Hall–Kier alpha value is -1.91. The Bertz CT molecular complexity index is 516. The molecule has 0 saturated heterocycles. The van der Waals surface area contributed by atoms with E-state index < -0.39 is 0 Å². The van der Waals surface area contributed by atoms with Crippen molar-refractivity contribution in [2.45, 2.75) is 19.5 Å². The van der Waals surface area contributed by atoms with E-state index in [1.165, 1.54) is 11.1 Å². The van der Waals surface area contributed by atoms with E-state index in [1.54, 1.807) is 0 Å². The van der Waals surface area contributed by atoms with Crippen LogP contribution in [-0.4, -0.2) is 23.1 Å². The summed E-state index contributed by atoms with van der Waals surface area (Å²) in [5, 5.41) is 3.38. The molecule has 0 heterocycles. The fourth-order valence-electron chi connectivity index (χ4n) is 2.41. The molecule has 0 spiro atoms. The lowest BCUT2D eigenvalue weighted by atomic mass is 10.1. The maximum atomic E-state index is 5.46. The quantitative estimate of drug-likeness (QED) is 0.581. The first-order valence-corrected chi connectivity index (χ1v) is 7.98. The predicted octanol–water partition coefficient (Wildman–Crippen LogP) is 2.91. The number of nitrogens with one attached hydrogen (secondary N) is 1. The monoisotopic (exact) mass is 313 g/mol. The van der Waals surface area contributed by atoms with Crippen molar-refractivity contribution in [1.82, 2.24) is 10.2 Å². The van der Waals surface area contributed by atoms with E-state index in [2.05, 4.69) is 70.9 Å². The van der Waals surface area contributed by atoms with E-state index >= 15 is 0 Å². The molecule has 2 rings (SSSR count). The minimum absolute atomic E-state index is 0.373. The maximum absolute atomic E-state index is 5.46. The van der Waals surface area contributed by atoms with Gasteiger partial charge in [-0.1, -0.05) is 60.7 Å².